The zero-order valence-corrected chi connectivity index (χ0v) is 10.9. The van der Waals surface area contributed by atoms with Crippen molar-refractivity contribution in [2.75, 3.05) is 13.6 Å². The fourth-order valence-electron chi connectivity index (χ4n) is 2.06. The lowest BCUT2D eigenvalue weighted by Gasteiger charge is -2.39. The number of amides is 1. The van der Waals surface area contributed by atoms with Crippen LogP contribution in [-0.2, 0) is 11.2 Å². The second-order valence-electron chi connectivity index (χ2n) is 4.80. The van der Waals surface area contributed by atoms with Crippen molar-refractivity contribution < 1.29 is 9.90 Å². The number of hydrogen-bond acceptors (Lipinski definition) is 4. The fraction of sp³-hybridized carbons (Fsp3) is 0.667. The van der Waals surface area contributed by atoms with Gasteiger partial charge in [-0.15, -0.1) is 11.3 Å². The predicted octanol–water partition coefficient (Wildman–Crippen LogP) is 1.45. The van der Waals surface area contributed by atoms with Gasteiger partial charge >= 0.3 is 0 Å². The zero-order chi connectivity index (χ0) is 12.3. The Hall–Kier alpha value is -0.940. The van der Waals surface area contributed by atoms with Crippen LogP contribution in [0.15, 0.2) is 11.7 Å². The Morgan fingerprint density at radius 3 is 2.94 bits per heavy atom. The van der Waals surface area contributed by atoms with Gasteiger partial charge in [0.05, 0.1) is 11.1 Å². The second-order valence-corrected chi connectivity index (χ2v) is 5.77. The summed E-state index contributed by atoms with van der Waals surface area (Å²) in [5.74, 6) is 0.0960. The first-order chi connectivity index (χ1) is 8.09. The molecule has 0 saturated heterocycles. The molecule has 0 spiro atoms. The van der Waals surface area contributed by atoms with Crippen LogP contribution >= 0.6 is 11.3 Å². The third kappa shape index (κ3) is 3.26. The summed E-state index contributed by atoms with van der Waals surface area (Å²) in [6, 6.07) is 0. The summed E-state index contributed by atoms with van der Waals surface area (Å²) in [4.78, 5) is 18.6. The average molecular weight is 254 g/mol. The molecule has 1 N–H and O–H groups in total. The van der Waals surface area contributed by atoms with E-state index in [2.05, 4.69) is 4.98 Å². The van der Waals surface area contributed by atoms with Gasteiger partial charge in [0.15, 0.2) is 0 Å². The van der Waals surface area contributed by atoms with Crippen LogP contribution in [0.4, 0.5) is 0 Å². The SMILES string of the molecule is CN(CC1(O)CCC1)C(=O)CCc1cncs1. The third-order valence-corrected chi connectivity index (χ3v) is 4.15. The van der Waals surface area contributed by atoms with Gasteiger partial charge in [0.25, 0.3) is 0 Å². The number of carbonyl (C=O) groups excluding carboxylic acids is 1. The number of likely N-dealkylation sites (N-methyl/N-ethyl adjacent to an activating group) is 1. The normalized spacial score (nSPS) is 17.5. The number of aliphatic hydroxyl groups is 1. The molecule has 0 aromatic carbocycles. The minimum atomic E-state index is -0.616. The predicted molar refractivity (Wildman–Crippen MR) is 66.9 cm³/mol. The number of thiazole rings is 1. The van der Waals surface area contributed by atoms with Gasteiger partial charge < -0.3 is 10.0 Å². The van der Waals surface area contributed by atoms with Crippen LogP contribution in [0.3, 0.4) is 0 Å². The first kappa shape index (κ1) is 12.5. The van der Waals surface area contributed by atoms with Crippen molar-refractivity contribution in [3.05, 3.63) is 16.6 Å². The van der Waals surface area contributed by atoms with Crippen LogP contribution < -0.4 is 0 Å². The molecule has 0 unspecified atom stereocenters. The highest BCUT2D eigenvalue weighted by molar-refractivity contribution is 7.09. The van der Waals surface area contributed by atoms with Gasteiger partial charge in [-0.25, -0.2) is 0 Å². The number of aromatic nitrogens is 1. The summed E-state index contributed by atoms with van der Waals surface area (Å²) < 4.78 is 0. The number of rotatable bonds is 5. The van der Waals surface area contributed by atoms with Crippen molar-refractivity contribution in [3.63, 3.8) is 0 Å². The van der Waals surface area contributed by atoms with Gasteiger partial charge in [0, 0.05) is 31.1 Å². The molecule has 0 atom stereocenters. The summed E-state index contributed by atoms with van der Waals surface area (Å²) in [6.07, 6.45) is 5.75. The van der Waals surface area contributed by atoms with E-state index in [1.807, 2.05) is 0 Å². The Labute approximate surface area is 105 Å². The van der Waals surface area contributed by atoms with Gasteiger partial charge in [-0.1, -0.05) is 0 Å². The van der Waals surface area contributed by atoms with E-state index in [1.165, 1.54) is 0 Å². The molecule has 1 aliphatic rings. The molecule has 4 nitrogen and oxygen atoms in total. The summed E-state index contributed by atoms with van der Waals surface area (Å²) in [7, 11) is 1.77. The van der Waals surface area contributed by atoms with Gasteiger partial charge in [0.2, 0.25) is 5.91 Å². The van der Waals surface area contributed by atoms with Crippen molar-refractivity contribution >= 4 is 17.2 Å². The molecule has 0 radical (unpaired) electrons. The van der Waals surface area contributed by atoms with E-state index in [-0.39, 0.29) is 5.91 Å². The Morgan fingerprint density at radius 1 is 1.65 bits per heavy atom. The smallest absolute Gasteiger partial charge is 0.222 e. The lowest BCUT2D eigenvalue weighted by Crippen LogP contribution is -2.48. The quantitative estimate of drug-likeness (QED) is 0.865. The Morgan fingerprint density at radius 2 is 2.41 bits per heavy atom. The molecule has 1 aromatic rings. The molecular formula is C12H18N2O2S. The molecule has 1 aromatic heterocycles. The van der Waals surface area contributed by atoms with Gasteiger partial charge in [-0.2, -0.15) is 0 Å². The highest BCUT2D eigenvalue weighted by atomic mass is 32.1. The summed E-state index contributed by atoms with van der Waals surface area (Å²) >= 11 is 1.57. The first-order valence-corrected chi connectivity index (χ1v) is 6.81. The monoisotopic (exact) mass is 254 g/mol. The Kier molecular flexibility index (Phi) is 3.79. The number of carbonyl (C=O) groups is 1. The molecule has 0 bridgehead atoms. The average Bonchev–Trinajstić information content (AvgIpc) is 2.76. The van der Waals surface area contributed by atoms with E-state index in [4.69, 9.17) is 0 Å². The maximum absolute atomic E-state index is 11.9. The van der Waals surface area contributed by atoms with E-state index < -0.39 is 5.60 Å². The minimum Gasteiger partial charge on any atom is -0.388 e. The van der Waals surface area contributed by atoms with Crippen molar-refractivity contribution in [1.82, 2.24) is 9.88 Å². The molecule has 2 rings (SSSR count). The van der Waals surface area contributed by atoms with Crippen molar-refractivity contribution in [1.29, 1.82) is 0 Å². The number of aryl methyl sites for hydroxylation is 1. The molecule has 1 fully saturated rings. The summed E-state index contributed by atoms with van der Waals surface area (Å²) in [5.41, 5.74) is 1.16. The third-order valence-electron chi connectivity index (χ3n) is 3.31. The lowest BCUT2D eigenvalue weighted by molar-refractivity contribution is -0.136. The molecule has 17 heavy (non-hydrogen) atoms. The summed E-state index contributed by atoms with van der Waals surface area (Å²) in [5, 5.41) is 9.98. The maximum atomic E-state index is 11.9. The van der Waals surface area contributed by atoms with Crippen LogP contribution in [0.5, 0.6) is 0 Å². The molecule has 94 valence electrons. The molecule has 1 heterocycles. The number of nitrogens with zero attached hydrogens (tertiary/aromatic N) is 2. The largest absolute Gasteiger partial charge is 0.388 e. The molecule has 1 aliphatic carbocycles. The molecule has 1 amide bonds. The summed E-state index contributed by atoms with van der Waals surface area (Å²) in [6.45, 7) is 0.467. The second kappa shape index (κ2) is 5.14. The van der Waals surface area contributed by atoms with E-state index >= 15 is 0 Å². The van der Waals surface area contributed by atoms with E-state index in [0.29, 0.717) is 13.0 Å². The molecule has 5 heteroatoms. The van der Waals surface area contributed by atoms with Crippen LogP contribution in [0.2, 0.25) is 0 Å². The lowest BCUT2D eigenvalue weighted by atomic mass is 9.80. The first-order valence-electron chi connectivity index (χ1n) is 5.93. The highest BCUT2D eigenvalue weighted by Crippen LogP contribution is 2.32. The van der Waals surface area contributed by atoms with Crippen molar-refractivity contribution in [2.45, 2.75) is 37.7 Å². The van der Waals surface area contributed by atoms with E-state index in [1.54, 1.807) is 35.0 Å². The van der Waals surface area contributed by atoms with Crippen LogP contribution in [0.25, 0.3) is 0 Å². The van der Waals surface area contributed by atoms with Gasteiger partial charge in [0.1, 0.15) is 0 Å². The fourth-order valence-corrected chi connectivity index (χ4v) is 2.66. The van der Waals surface area contributed by atoms with Crippen molar-refractivity contribution in [2.24, 2.45) is 0 Å². The molecule has 0 aliphatic heterocycles. The molecule has 1 saturated carbocycles. The van der Waals surface area contributed by atoms with Crippen molar-refractivity contribution in [3.8, 4) is 0 Å². The topological polar surface area (TPSA) is 53.4 Å². The van der Waals surface area contributed by atoms with Gasteiger partial charge in [-0.05, 0) is 25.7 Å². The molecular weight excluding hydrogens is 236 g/mol. The van der Waals surface area contributed by atoms with Crippen LogP contribution in [0, 0.1) is 0 Å². The maximum Gasteiger partial charge on any atom is 0.222 e. The Bertz CT molecular complexity index is 374. The zero-order valence-electron chi connectivity index (χ0n) is 10.1. The van der Waals surface area contributed by atoms with Crippen LogP contribution in [0.1, 0.15) is 30.6 Å². The number of hydrogen-bond donors (Lipinski definition) is 1. The van der Waals surface area contributed by atoms with Crippen LogP contribution in [-0.4, -0.2) is 40.1 Å². The van der Waals surface area contributed by atoms with E-state index in [9.17, 15) is 9.90 Å². The Balaban J connectivity index is 1.75. The van der Waals surface area contributed by atoms with E-state index in [0.717, 1.165) is 30.6 Å². The standard InChI is InChI=1S/C12H18N2O2S/c1-14(8-12(16)5-2-6-12)11(15)4-3-10-7-13-9-17-10/h7,9,16H,2-6,8H2,1H3. The highest BCUT2D eigenvalue weighted by Gasteiger charge is 2.36. The van der Waals surface area contributed by atoms with Gasteiger partial charge in [-0.3, -0.25) is 9.78 Å². The minimum absolute atomic E-state index is 0.0960.